The molecule has 0 bridgehead atoms. The summed E-state index contributed by atoms with van der Waals surface area (Å²) in [5.41, 5.74) is 0.397. The van der Waals surface area contributed by atoms with Crippen molar-refractivity contribution in [2.45, 2.75) is 25.0 Å². The van der Waals surface area contributed by atoms with Gasteiger partial charge in [-0.05, 0) is 31.0 Å². The number of urea groups is 1. The van der Waals surface area contributed by atoms with Crippen LogP contribution >= 0.6 is 0 Å². The summed E-state index contributed by atoms with van der Waals surface area (Å²) >= 11 is 0. The van der Waals surface area contributed by atoms with Gasteiger partial charge in [0.2, 0.25) is 0 Å². The molecule has 3 aromatic heterocycles. The number of carbonyl (C=O) groups excluding carboxylic acids is 1. The number of likely N-dealkylation sites (tertiary alicyclic amines) is 1. The lowest BCUT2D eigenvalue weighted by Crippen LogP contribution is -2.51. The lowest BCUT2D eigenvalue weighted by molar-refractivity contribution is -0.0282. The number of amides is 2. The van der Waals surface area contributed by atoms with E-state index in [4.69, 9.17) is 0 Å². The molecule has 2 amide bonds. The summed E-state index contributed by atoms with van der Waals surface area (Å²) < 4.78 is 19.0. The Morgan fingerprint density at radius 3 is 2.61 bits per heavy atom. The van der Waals surface area contributed by atoms with E-state index in [9.17, 15) is 19.1 Å². The molecule has 4 aromatic rings. The first-order chi connectivity index (χ1) is 17.1. The van der Waals surface area contributed by atoms with Gasteiger partial charge in [-0.25, -0.2) is 18.9 Å². The monoisotopic (exact) mass is 494 g/mol. The summed E-state index contributed by atoms with van der Waals surface area (Å²) in [6, 6.07) is 4.45. The second-order valence-corrected chi connectivity index (χ2v) is 9.43. The smallest absolute Gasteiger partial charge is 0.319 e. The number of aliphatic hydroxyl groups is 1. The third-order valence-electron chi connectivity index (χ3n) is 6.58. The van der Waals surface area contributed by atoms with E-state index < -0.39 is 11.4 Å². The number of aromatic nitrogens is 6. The highest BCUT2D eigenvalue weighted by molar-refractivity contribution is 5.76. The molecule has 5 rings (SSSR count). The predicted molar refractivity (Wildman–Crippen MR) is 130 cm³/mol. The molecule has 0 spiro atoms. The van der Waals surface area contributed by atoms with Crippen LogP contribution in [-0.2, 0) is 13.6 Å². The molecule has 1 saturated heterocycles. The van der Waals surface area contributed by atoms with Gasteiger partial charge in [0, 0.05) is 51.6 Å². The van der Waals surface area contributed by atoms with Crippen molar-refractivity contribution < 1.29 is 14.3 Å². The highest BCUT2D eigenvalue weighted by Gasteiger charge is 2.35. The van der Waals surface area contributed by atoms with E-state index in [1.165, 1.54) is 32.7 Å². The van der Waals surface area contributed by atoms with Gasteiger partial charge < -0.3 is 14.9 Å². The average Bonchev–Trinajstić information content (AvgIpc) is 3.48. The number of carbonyl (C=O) groups is 1. The van der Waals surface area contributed by atoms with Gasteiger partial charge in [-0.15, -0.1) is 0 Å². The second kappa shape index (κ2) is 8.86. The maximum absolute atomic E-state index is 14.5. The van der Waals surface area contributed by atoms with Crippen LogP contribution in [0.25, 0.3) is 27.8 Å². The first-order valence-electron chi connectivity index (χ1n) is 11.6. The molecule has 188 valence electrons. The van der Waals surface area contributed by atoms with Crippen molar-refractivity contribution in [2.24, 2.45) is 7.05 Å². The van der Waals surface area contributed by atoms with Crippen LogP contribution in [0, 0.1) is 5.82 Å². The van der Waals surface area contributed by atoms with Gasteiger partial charge in [0.1, 0.15) is 17.5 Å². The molecule has 1 aliphatic heterocycles. The minimum absolute atomic E-state index is 0.0612. The summed E-state index contributed by atoms with van der Waals surface area (Å²) in [6.45, 7) is 0.866. The number of hydrogen-bond donors (Lipinski definition) is 1. The Bertz CT molecular complexity index is 1500. The second-order valence-electron chi connectivity index (χ2n) is 9.43. The molecular weight excluding hydrogens is 467 g/mol. The Morgan fingerprint density at radius 1 is 1.19 bits per heavy atom. The third-order valence-corrected chi connectivity index (χ3v) is 6.58. The number of aryl methyl sites for hydroxylation is 1. The Kier molecular flexibility index (Phi) is 5.83. The van der Waals surface area contributed by atoms with Crippen molar-refractivity contribution in [3.05, 3.63) is 59.3 Å². The van der Waals surface area contributed by atoms with E-state index >= 15 is 0 Å². The fourth-order valence-corrected chi connectivity index (χ4v) is 4.55. The van der Waals surface area contributed by atoms with Crippen LogP contribution in [0.4, 0.5) is 9.18 Å². The van der Waals surface area contributed by atoms with Crippen LogP contribution in [-0.4, -0.2) is 82.8 Å². The van der Waals surface area contributed by atoms with E-state index in [0.717, 1.165) is 0 Å². The van der Waals surface area contributed by atoms with Gasteiger partial charge in [-0.2, -0.15) is 10.2 Å². The lowest BCUT2D eigenvalue weighted by Gasteiger charge is -2.39. The third kappa shape index (κ3) is 4.24. The molecule has 0 radical (unpaired) electrons. The molecule has 0 unspecified atom stereocenters. The molecule has 36 heavy (non-hydrogen) atoms. The first-order valence-corrected chi connectivity index (χ1v) is 11.6. The molecule has 1 N–H and O–H groups in total. The van der Waals surface area contributed by atoms with Gasteiger partial charge in [-0.3, -0.25) is 14.0 Å². The Morgan fingerprint density at radius 2 is 1.94 bits per heavy atom. The van der Waals surface area contributed by atoms with Crippen LogP contribution in [0.2, 0.25) is 0 Å². The summed E-state index contributed by atoms with van der Waals surface area (Å²) in [4.78, 5) is 33.0. The van der Waals surface area contributed by atoms with Crippen LogP contribution in [0.15, 0.2) is 47.9 Å². The zero-order valence-corrected chi connectivity index (χ0v) is 20.3. The summed E-state index contributed by atoms with van der Waals surface area (Å²) in [5, 5.41) is 19.8. The van der Waals surface area contributed by atoms with Crippen molar-refractivity contribution in [1.82, 2.24) is 38.9 Å². The predicted octanol–water partition coefficient (Wildman–Crippen LogP) is 1.63. The Hall–Kier alpha value is -4.06. The molecule has 0 atom stereocenters. The number of hydrogen-bond acceptors (Lipinski definition) is 6. The zero-order valence-electron chi connectivity index (χ0n) is 20.3. The van der Waals surface area contributed by atoms with Gasteiger partial charge in [0.05, 0.1) is 30.2 Å². The number of halogens is 1. The number of piperidine rings is 1. The fraction of sp³-hybridized carbons (Fsp3) is 0.375. The molecule has 0 aliphatic carbocycles. The number of nitrogens with zero attached hydrogens (tertiary/aromatic N) is 8. The van der Waals surface area contributed by atoms with Crippen molar-refractivity contribution in [1.29, 1.82) is 0 Å². The topological polar surface area (TPSA) is 114 Å². The van der Waals surface area contributed by atoms with Crippen molar-refractivity contribution in [2.75, 3.05) is 27.2 Å². The van der Waals surface area contributed by atoms with E-state index in [1.807, 2.05) is 0 Å². The highest BCUT2D eigenvalue weighted by Crippen LogP contribution is 2.27. The standard InChI is InChI=1S/C24H27FN8O3/c1-29(2)23(35)31-8-6-24(36,7-9-31)14-32-15-26-21-19(22(32)34)12-28-33(21)17-4-5-20(25)18(10-17)16-11-27-30(3)13-16/h4-5,10-13,15,36H,6-9,14H2,1-3H3. The molecule has 4 heterocycles. The highest BCUT2D eigenvalue weighted by atomic mass is 19.1. The van der Waals surface area contributed by atoms with Crippen LogP contribution in [0.1, 0.15) is 12.8 Å². The maximum Gasteiger partial charge on any atom is 0.319 e. The van der Waals surface area contributed by atoms with Gasteiger partial charge in [-0.1, -0.05) is 0 Å². The molecule has 1 fully saturated rings. The van der Waals surface area contributed by atoms with Crippen LogP contribution < -0.4 is 5.56 Å². The molecule has 1 aliphatic rings. The molecular formula is C24H27FN8O3. The SMILES string of the molecule is CN(C)C(=O)N1CCC(O)(Cn2cnc3c(cnn3-c3ccc(F)c(-c4cnn(C)c4)c3)c2=O)CC1. The molecule has 1 aromatic carbocycles. The minimum Gasteiger partial charge on any atom is -0.388 e. The minimum atomic E-state index is -1.13. The number of rotatable bonds is 4. The summed E-state index contributed by atoms with van der Waals surface area (Å²) in [6.07, 6.45) is 6.81. The van der Waals surface area contributed by atoms with Crippen LogP contribution in [0.5, 0.6) is 0 Å². The normalized spacial score (nSPS) is 15.4. The van der Waals surface area contributed by atoms with Gasteiger partial charge in [0.25, 0.3) is 5.56 Å². The average molecular weight is 495 g/mol. The summed E-state index contributed by atoms with van der Waals surface area (Å²) in [7, 11) is 5.13. The van der Waals surface area contributed by atoms with E-state index in [0.29, 0.717) is 48.4 Å². The Labute approximate surface area is 206 Å². The zero-order chi connectivity index (χ0) is 25.6. The largest absolute Gasteiger partial charge is 0.388 e. The number of fused-ring (bicyclic) bond motifs is 1. The fourth-order valence-electron chi connectivity index (χ4n) is 4.55. The van der Waals surface area contributed by atoms with E-state index in [2.05, 4.69) is 15.2 Å². The summed E-state index contributed by atoms with van der Waals surface area (Å²) in [5.74, 6) is -0.398. The van der Waals surface area contributed by atoms with Crippen molar-refractivity contribution in [3.8, 4) is 16.8 Å². The lowest BCUT2D eigenvalue weighted by atomic mass is 9.91. The Balaban J connectivity index is 1.41. The van der Waals surface area contributed by atoms with Crippen molar-refractivity contribution in [3.63, 3.8) is 0 Å². The van der Waals surface area contributed by atoms with E-state index in [1.54, 1.807) is 55.3 Å². The molecule has 12 heteroatoms. The maximum atomic E-state index is 14.5. The molecule has 0 saturated carbocycles. The van der Waals surface area contributed by atoms with Gasteiger partial charge in [0.15, 0.2) is 5.65 Å². The van der Waals surface area contributed by atoms with Crippen LogP contribution in [0.3, 0.4) is 0 Å². The van der Waals surface area contributed by atoms with E-state index in [-0.39, 0.29) is 23.5 Å². The van der Waals surface area contributed by atoms with Gasteiger partial charge >= 0.3 is 6.03 Å². The quantitative estimate of drug-likeness (QED) is 0.461. The number of benzene rings is 1. The van der Waals surface area contributed by atoms with Crippen molar-refractivity contribution >= 4 is 17.1 Å². The molecule has 11 nitrogen and oxygen atoms in total. The first kappa shape index (κ1) is 23.7.